The maximum atomic E-state index is 12.4. The van der Waals surface area contributed by atoms with Crippen molar-refractivity contribution in [2.75, 3.05) is 0 Å². The third kappa shape index (κ3) is 29.1. The molecular formula is C33H62O4. The Kier molecular flexibility index (Phi) is 28.2. The molecule has 0 radical (unpaired) electrons. The van der Waals surface area contributed by atoms with E-state index in [9.17, 15) is 9.59 Å². The van der Waals surface area contributed by atoms with Crippen LogP contribution in [0.4, 0.5) is 0 Å². The summed E-state index contributed by atoms with van der Waals surface area (Å²) < 4.78 is 5.90. The molecule has 0 aromatic rings. The van der Waals surface area contributed by atoms with Gasteiger partial charge in [-0.1, -0.05) is 116 Å². The molecule has 0 aliphatic rings. The molecule has 0 heterocycles. The molecule has 1 N–H and O–H groups in total. The topological polar surface area (TPSA) is 63.6 Å². The third-order valence-corrected chi connectivity index (χ3v) is 7.24. The molecule has 4 nitrogen and oxygen atoms in total. The molecule has 0 aliphatic carbocycles. The number of carbonyl (C=O) groups is 2. The Labute approximate surface area is 230 Å². The van der Waals surface area contributed by atoms with Crippen molar-refractivity contribution >= 4 is 11.9 Å². The smallest absolute Gasteiger partial charge is 0.306 e. The van der Waals surface area contributed by atoms with E-state index in [-0.39, 0.29) is 18.5 Å². The van der Waals surface area contributed by atoms with Gasteiger partial charge in [-0.05, 0) is 64.2 Å². The number of carboxylic acid groups (broad SMARTS) is 1. The maximum absolute atomic E-state index is 12.4. The first-order valence-corrected chi connectivity index (χ1v) is 16.2. The van der Waals surface area contributed by atoms with E-state index in [1.807, 2.05) is 0 Å². The molecule has 1 unspecified atom stereocenters. The number of aliphatic carboxylic acids is 1. The Morgan fingerprint density at radius 3 is 1.49 bits per heavy atom. The van der Waals surface area contributed by atoms with Gasteiger partial charge < -0.3 is 9.84 Å². The fraction of sp³-hybridized carbons (Fsp3) is 0.879. The van der Waals surface area contributed by atoms with Gasteiger partial charge in [-0.25, -0.2) is 0 Å². The molecule has 37 heavy (non-hydrogen) atoms. The van der Waals surface area contributed by atoms with Gasteiger partial charge in [0.15, 0.2) is 0 Å². The largest absolute Gasteiger partial charge is 0.481 e. The van der Waals surface area contributed by atoms with E-state index in [2.05, 4.69) is 26.0 Å². The van der Waals surface area contributed by atoms with Gasteiger partial charge in [-0.2, -0.15) is 0 Å². The van der Waals surface area contributed by atoms with E-state index in [1.54, 1.807) is 0 Å². The van der Waals surface area contributed by atoms with Crippen LogP contribution in [0.3, 0.4) is 0 Å². The van der Waals surface area contributed by atoms with E-state index >= 15 is 0 Å². The highest BCUT2D eigenvalue weighted by atomic mass is 16.5. The predicted molar refractivity (Wildman–Crippen MR) is 158 cm³/mol. The van der Waals surface area contributed by atoms with Crippen LogP contribution in [0.25, 0.3) is 0 Å². The van der Waals surface area contributed by atoms with Crippen molar-refractivity contribution < 1.29 is 19.4 Å². The molecule has 4 heteroatoms. The summed E-state index contributed by atoms with van der Waals surface area (Å²) in [5, 5.41) is 8.71. The lowest BCUT2D eigenvalue weighted by Gasteiger charge is -2.18. The summed E-state index contributed by atoms with van der Waals surface area (Å²) in [4.78, 5) is 23.0. The normalized spacial score (nSPS) is 12.3. The molecule has 0 rings (SSSR count). The van der Waals surface area contributed by atoms with Crippen molar-refractivity contribution in [2.45, 2.75) is 187 Å². The molecule has 0 aromatic carbocycles. The first-order valence-electron chi connectivity index (χ1n) is 16.2. The number of ether oxygens (including phenoxy) is 1. The van der Waals surface area contributed by atoms with Crippen molar-refractivity contribution in [1.29, 1.82) is 0 Å². The number of carboxylic acids is 1. The molecule has 0 aromatic heterocycles. The summed E-state index contributed by atoms with van der Waals surface area (Å²) in [7, 11) is 0. The first kappa shape index (κ1) is 35.7. The molecule has 218 valence electrons. The van der Waals surface area contributed by atoms with Crippen LogP contribution in [-0.4, -0.2) is 23.1 Å². The second-order valence-corrected chi connectivity index (χ2v) is 11.0. The third-order valence-electron chi connectivity index (χ3n) is 7.24. The number of hydrogen-bond donors (Lipinski definition) is 1. The summed E-state index contributed by atoms with van der Waals surface area (Å²) in [6.45, 7) is 4.48. The second-order valence-electron chi connectivity index (χ2n) is 11.0. The summed E-state index contributed by atoms with van der Waals surface area (Å²) in [5.74, 6) is -0.697. The minimum atomic E-state index is -0.695. The average molecular weight is 523 g/mol. The lowest BCUT2D eigenvalue weighted by molar-refractivity contribution is -0.150. The minimum absolute atomic E-state index is 0.00163. The Balaban J connectivity index is 3.84. The van der Waals surface area contributed by atoms with Crippen LogP contribution in [0.5, 0.6) is 0 Å². The van der Waals surface area contributed by atoms with E-state index in [4.69, 9.17) is 9.84 Å². The zero-order chi connectivity index (χ0) is 27.2. The van der Waals surface area contributed by atoms with Crippen LogP contribution in [0.1, 0.15) is 181 Å². The van der Waals surface area contributed by atoms with Gasteiger partial charge in [0.2, 0.25) is 0 Å². The highest BCUT2D eigenvalue weighted by molar-refractivity contribution is 5.69. The average Bonchev–Trinajstić information content (AvgIpc) is 2.88. The highest BCUT2D eigenvalue weighted by Gasteiger charge is 2.14. The van der Waals surface area contributed by atoms with Gasteiger partial charge in [-0.3, -0.25) is 9.59 Å². The summed E-state index contributed by atoms with van der Waals surface area (Å²) in [6.07, 6.45) is 33.7. The van der Waals surface area contributed by atoms with E-state index < -0.39 is 5.97 Å². The van der Waals surface area contributed by atoms with E-state index in [1.165, 1.54) is 83.5 Å². The van der Waals surface area contributed by atoms with E-state index in [0.717, 1.165) is 70.6 Å². The van der Waals surface area contributed by atoms with Crippen molar-refractivity contribution in [3.63, 3.8) is 0 Å². The van der Waals surface area contributed by atoms with Crippen LogP contribution in [0, 0.1) is 0 Å². The Morgan fingerprint density at radius 1 is 0.568 bits per heavy atom. The molecular weight excluding hydrogens is 460 g/mol. The van der Waals surface area contributed by atoms with Crippen molar-refractivity contribution in [1.82, 2.24) is 0 Å². The van der Waals surface area contributed by atoms with Crippen LogP contribution in [-0.2, 0) is 14.3 Å². The van der Waals surface area contributed by atoms with Crippen molar-refractivity contribution in [3.8, 4) is 0 Å². The highest BCUT2D eigenvalue weighted by Crippen LogP contribution is 2.18. The van der Waals surface area contributed by atoms with Gasteiger partial charge in [0.05, 0.1) is 0 Å². The van der Waals surface area contributed by atoms with E-state index in [0.29, 0.717) is 6.42 Å². The minimum Gasteiger partial charge on any atom is -0.481 e. The Bertz CT molecular complexity index is 528. The molecule has 0 aliphatic heterocycles. The standard InChI is InChI=1S/C33H62O4/c1-3-5-7-9-10-11-12-13-14-15-16-17-22-26-30-33(36)37-31(27-23-8-6-4-2)28-24-20-18-19-21-25-29-32(34)35/h11-12,31H,3-10,13-30H2,1-2H3,(H,34,35)/b12-11-. The van der Waals surface area contributed by atoms with Crippen molar-refractivity contribution in [2.24, 2.45) is 0 Å². The molecule has 1 atom stereocenters. The monoisotopic (exact) mass is 522 g/mol. The van der Waals surface area contributed by atoms with Crippen LogP contribution in [0.2, 0.25) is 0 Å². The molecule has 0 saturated heterocycles. The number of esters is 1. The number of allylic oxidation sites excluding steroid dienone is 2. The fourth-order valence-electron chi connectivity index (χ4n) is 4.82. The molecule has 0 fully saturated rings. The number of carbonyl (C=O) groups excluding carboxylic acids is 1. The SMILES string of the molecule is CCCCCC/C=C\CCCCCCCCC(=O)OC(CCCCCC)CCCCCCCCC(=O)O. The van der Waals surface area contributed by atoms with Gasteiger partial charge in [-0.15, -0.1) is 0 Å². The molecule has 0 spiro atoms. The molecule has 0 saturated carbocycles. The summed E-state index contributed by atoms with van der Waals surface area (Å²) in [5.41, 5.74) is 0. The van der Waals surface area contributed by atoms with Crippen molar-refractivity contribution in [3.05, 3.63) is 12.2 Å². The first-order chi connectivity index (χ1) is 18.1. The lowest BCUT2D eigenvalue weighted by atomic mass is 10.0. The summed E-state index contributed by atoms with van der Waals surface area (Å²) >= 11 is 0. The zero-order valence-corrected chi connectivity index (χ0v) is 24.8. The van der Waals surface area contributed by atoms with Gasteiger partial charge in [0.1, 0.15) is 6.10 Å². The molecule has 0 bridgehead atoms. The number of hydrogen-bond acceptors (Lipinski definition) is 3. The lowest BCUT2D eigenvalue weighted by Crippen LogP contribution is -2.18. The predicted octanol–water partition coefficient (Wildman–Crippen LogP) is 10.7. The fourth-order valence-corrected chi connectivity index (χ4v) is 4.82. The Morgan fingerprint density at radius 2 is 0.973 bits per heavy atom. The zero-order valence-electron chi connectivity index (χ0n) is 24.8. The molecule has 0 amide bonds. The summed E-state index contributed by atoms with van der Waals surface area (Å²) in [6, 6.07) is 0. The van der Waals surface area contributed by atoms with Gasteiger partial charge >= 0.3 is 11.9 Å². The number of rotatable bonds is 29. The maximum Gasteiger partial charge on any atom is 0.306 e. The van der Waals surface area contributed by atoms with Crippen LogP contribution in [0.15, 0.2) is 12.2 Å². The van der Waals surface area contributed by atoms with Crippen LogP contribution >= 0.6 is 0 Å². The quantitative estimate of drug-likeness (QED) is 0.0602. The second kappa shape index (κ2) is 29.2. The van der Waals surface area contributed by atoms with Gasteiger partial charge in [0, 0.05) is 12.8 Å². The number of unbranched alkanes of at least 4 members (excludes halogenated alkanes) is 18. The van der Waals surface area contributed by atoms with Gasteiger partial charge in [0.25, 0.3) is 0 Å². The van der Waals surface area contributed by atoms with Crippen LogP contribution < -0.4 is 0 Å². The Hall–Kier alpha value is -1.32.